The van der Waals surface area contributed by atoms with Gasteiger partial charge in [-0.1, -0.05) is 0 Å². The number of aromatic nitrogens is 2. The first-order chi connectivity index (χ1) is 10.2. The van der Waals surface area contributed by atoms with Gasteiger partial charge in [0.25, 0.3) is 5.56 Å². The smallest absolute Gasteiger partial charge is 0.329 e. The Labute approximate surface area is 125 Å². The van der Waals surface area contributed by atoms with Gasteiger partial charge in [0.2, 0.25) is 5.91 Å². The van der Waals surface area contributed by atoms with E-state index in [1.165, 1.54) is 6.33 Å². The van der Waals surface area contributed by atoms with Crippen LogP contribution in [0.4, 0.5) is 13.2 Å². The van der Waals surface area contributed by atoms with E-state index in [0.717, 1.165) is 9.47 Å². The number of likely N-dealkylation sites (tertiary alicyclic amines) is 1. The largest absolute Gasteiger partial charge is 0.408 e. The molecule has 0 saturated carbocycles. The van der Waals surface area contributed by atoms with Crippen LogP contribution in [0.5, 0.6) is 0 Å². The highest BCUT2D eigenvalue weighted by Gasteiger charge is 2.46. The lowest BCUT2D eigenvalue weighted by Crippen LogP contribution is -2.52. The molecule has 1 fully saturated rings. The lowest BCUT2D eigenvalue weighted by Gasteiger charge is -2.36. The molecule has 0 radical (unpaired) electrons. The standard InChI is InChI=1S/C14H18F3N3O2/c1-9-10(2)18-8-19(13(9)22)7-12(21)20-6-4-3-5-11(20)14(15,16)17/h8,11H,3-7H2,1-2H3. The van der Waals surface area contributed by atoms with Crippen molar-refractivity contribution >= 4 is 5.91 Å². The van der Waals surface area contributed by atoms with Gasteiger partial charge in [0.15, 0.2) is 0 Å². The number of alkyl halides is 3. The molecule has 1 aliphatic rings. The summed E-state index contributed by atoms with van der Waals surface area (Å²) >= 11 is 0. The Bertz CT molecular complexity index is 625. The highest BCUT2D eigenvalue weighted by molar-refractivity contribution is 5.76. The Kier molecular flexibility index (Phi) is 4.58. The molecule has 1 aromatic rings. The van der Waals surface area contributed by atoms with E-state index in [2.05, 4.69) is 4.98 Å². The molecule has 1 unspecified atom stereocenters. The maximum atomic E-state index is 13.0. The number of carbonyl (C=O) groups is 1. The number of aryl methyl sites for hydroxylation is 1. The minimum Gasteiger partial charge on any atom is -0.329 e. The summed E-state index contributed by atoms with van der Waals surface area (Å²) in [5.41, 5.74) is 0.530. The Morgan fingerprint density at radius 1 is 1.36 bits per heavy atom. The summed E-state index contributed by atoms with van der Waals surface area (Å²) in [7, 11) is 0. The first-order valence-electron chi connectivity index (χ1n) is 7.10. The van der Waals surface area contributed by atoms with Crippen LogP contribution in [-0.4, -0.2) is 39.1 Å². The molecule has 1 aliphatic heterocycles. The van der Waals surface area contributed by atoms with Gasteiger partial charge in [0, 0.05) is 17.8 Å². The SMILES string of the molecule is Cc1ncn(CC(=O)N2CCCCC2C(F)(F)F)c(=O)c1C. The van der Waals surface area contributed by atoms with Crippen molar-refractivity contribution in [3.63, 3.8) is 0 Å². The maximum absolute atomic E-state index is 13.0. The van der Waals surface area contributed by atoms with Crippen molar-refractivity contribution in [2.24, 2.45) is 0 Å². The maximum Gasteiger partial charge on any atom is 0.408 e. The minimum absolute atomic E-state index is 0.0655. The van der Waals surface area contributed by atoms with Gasteiger partial charge >= 0.3 is 6.18 Å². The summed E-state index contributed by atoms with van der Waals surface area (Å²) in [6.07, 6.45) is -2.34. The fourth-order valence-electron chi connectivity index (χ4n) is 2.60. The van der Waals surface area contributed by atoms with E-state index in [0.29, 0.717) is 24.1 Å². The normalized spacial score (nSPS) is 19.3. The average molecular weight is 317 g/mol. The van der Waals surface area contributed by atoms with Crippen LogP contribution in [0.15, 0.2) is 11.1 Å². The number of nitrogens with zero attached hydrogens (tertiary/aromatic N) is 3. The van der Waals surface area contributed by atoms with E-state index < -0.39 is 30.2 Å². The number of halogens is 3. The number of rotatable bonds is 2. The van der Waals surface area contributed by atoms with Crippen LogP contribution in [-0.2, 0) is 11.3 Å². The van der Waals surface area contributed by atoms with Crippen molar-refractivity contribution in [2.75, 3.05) is 6.54 Å². The van der Waals surface area contributed by atoms with Crippen LogP contribution >= 0.6 is 0 Å². The van der Waals surface area contributed by atoms with Gasteiger partial charge in [-0.3, -0.25) is 14.2 Å². The third kappa shape index (κ3) is 3.31. The third-order valence-corrected chi connectivity index (χ3v) is 4.02. The zero-order chi connectivity index (χ0) is 16.5. The monoisotopic (exact) mass is 317 g/mol. The molecule has 8 heteroatoms. The van der Waals surface area contributed by atoms with E-state index in [-0.39, 0.29) is 13.0 Å². The Balaban J connectivity index is 2.21. The van der Waals surface area contributed by atoms with Crippen molar-refractivity contribution in [1.82, 2.24) is 14.5 Å². The number of piperidine rings is 1. The molecular weight excluding hydrogens is 299 g/mol. The quantitative estimate of drug-likeness (QED) is 0.836. The van der Waals surface area contributed by atoms with Crippen molar-refractivity contribution in [3.05, 3.63) is 27.9 Å². The number of hydrogen-bond acceptors (Lipinski definition) is 3. The number of amides is 1. The van der Waals surface area contributed by atoms with Gasteiger partial charge in [-0.2, -0.15) is 13.2 Å². The number of hydrogen-bond donors (Lipinski definition) is 0. The summed E-state index contributed by atoms with van der Waals surface area (Å²) in [4.78, 5) is 29.0. The average Bonchev–Trinajstić information content (AvgIpc) is 2.47. The zero-order valence-corrected chi connectivity index (χ0v) is 12.5. The van der Waals surface area contributed by atoms with Gasteiger partial charge in [-0.25, -0.2) is 4.98 Å². The summed E-state index contributed by atoms with van der Waals surface area (Å²) in [6, 6.07) is -1.76. The molecule has 22 heavy (non-hydrogen) atoms. The number of carbonyl (C=O) groups excluding carboxylic acids is 1. The second-order valence-corrected chi connectivity index (χ2v) is 5.53. The molecule has 1 atom stereocenters. The van der Waals surface area contributed by atoms with E-state index in [4.69, 9.17) is 0 Å². The van der Waals surface area contributed by atoms with Crippen LogP contribution in [0.3, 0.4) is 0 Å². The molecule has 1 amide bonds. The Morgan fingerprint density at radius 3 is 2.68 bits per heavy atom. The molecule has 0 bridgehead atoms. The van der Waals surface area contributed by atoms with E-state index >= 15 is 0 Å². The second-order valence-electron chi connectivity index (χ2n) is 5.53. The highest BCUT2D eigenvalue weighted by Crippen LogP contribution is 2.31. The molecule has 122 valence electrons. The molecule has 0 aromatic carbocycles. The van der Waals surface area contributed by atoms with Crippen LogP contribution in [0.1, 0.15) is 30.5 Å². The van der Waals surface area contributed by atoms with Gasteiger partial charge in [0.1, 0.15) is 12.6 Å². The van der Waals surface area contributed by atoms with Gasteiger partial charge in [-0.15, -0.1) is 0 Å². The van der Waals surface area contributed by atoms with Crippen LogP contribution in [0.2, 0.25) is 0 Å². The molecule has 2 rings (SSSR count). The topological polar surface area (TPSA) is 55.2 Å². The lowest BCUT2D eigenvalue weighted by atomic mass is 10.0. The second kappa shape index (κ2) is 6.10. The molecular formula is C14H18F3N3O2. The molecule has 2 heterocycles. The fraction of sp³-hybridized carbons (Fsp3) is 0.643. The Morgan fingerprint density at radius 2 is 2.05 bits per heavy atom. The van der Waals surface area contributed by atoms with Crippen molar-refractivity contribution in [3.8, 4) is 0 Å². The van der Waals surface area contributed by atoms with Crippen LogP contribution in [0, 0.1) is 13.8 Å². The van der Waals surface area contributed by atoms with Crippen molar-refractivity contribution in [2.45, 2.75) is 51.9 Å². The summed E-state index contributed by atoms with van der Waals surface area (Å²) in [6.45, 7) is 2.88. The molecule has 5 nitrogen and oxygen atoms in total. The van der Waals surface area contributed by atoms with Crippen LogP contribution in [0.25, 0.3) is 0 Å². The summed E-state index contributed by atoms with van der Waals surface area (Å²) < 4.78 is 40.1. The fourth-order valence-corrected chi connectivity index (χ4v) is 2.60. The summed E-state index contributed by atoms with van der Waals surface area (Å²) in [5, 5.41) is 0. The first kappa shape index (κ1) is 16.5. The zero-order valence-electron chi connectivity index (χ0n) is 12.5. The molecule has 0 aliphatic carbocycles. The van der Waals surface area contributed by atoms with E-state index in [1.807, 2.05) is 0 Å². The van der Waals surface area contributed by atoms with Gasteiger partial charge < -0.3 is 4.90 Å². The van der Waals surface area contributed by atoms with Crippen LogP contribution < -0.4 is 5.56 Å². The van der Waals surface area contributed by atoms with Gasteiger partial charge in [0.05, 0.1) is 6.33 Å². The van der Waals surface area contributed by atoms with Crippen molar-refractivity contribution < 1.29 is 18.0 Å². The Hall–Kier alpha value is -1.86. The predicted octanol–water partition coefficient (Wildman–Crippen LogP) is 1.80. The van der Waals surface area contributed by atoms with Gasteiger partial charge in [-0.05, 0) is 33.1 Å². The lowest BCUT2D eigenvalue weighted by molar-refractivity contribution is -0.196. The minimum atomic E-state index is -4.44. The molecule has 0 spiro atoms. The predicted molar refractivity (Wildman–Crippen MR) is 73.4 cm³/mol. The molecule has 1 aromatic heterocycles. The molecule has 1 saturated heterocycles. The van der Waals surface area contributed by atoms with Crippen molar-refractivity contribution in [1.29, 1.82) is 0 Å². The van der Waals surface area contributed by atoms with E-state index in [1.54, 1.807) is 13.8 Å². The third-order valence-electron chi connectivity index (χ3n) is 4.02. The highest BCUT2D eigenvalue weighted by atomic mass is 19.4. The van der Waals surface area contributed by atoms with E-state index in [9.17, 15) is 22.8 Å². The summed E-state index contributed by atoms with van der Waals surface area (Å²) in [5.74, 6) is -0.700. The molecule has 0 N–H and O–H groups in total. The first-order valence-corrected chi connectivity index (χ1v) is 7.10.